The zero-order valence-corrected chi connectivity index (χ0v) is 14.2. The Kier molecular flexibility index (Phi) is 4.45. The summed E-state index contributed by atoms with van der Waals surface area (Å²) in [5, 5.41) is 6.61. The van der Waals surface area contributed by atoms with Crippen LogP contribution in [-0.2, 0) is 16.6 Å². The summed E-state index contributed by atoms with van der Waals surface area (Å²) in [6.07, 6.45) is 5.16. The van der Waals surface area contributed by atoms with Gasteiger partial charge in [0, 0.05) is 31.7 Å². The maximum absolute atomic E-state index is 12.4. The number of pyridine rings is 1. The number of imidazole rings is 1. The minimum Gasteiger partial charge on any atom is -0.328 e. The lowest BCUT2D eigenvalue weighted by Crippen LogP contribution is -2.28. The molecule has 0 atom stereocenters. The van der Waals surface area contributed by atoms with Crippen molar-refractivity contribution in [1.29, 1.82) is 0 Å². The van der Waals surface area contributed by atoms with Gasteiger partial charge in [0.1, 0.15) is 10.6 Å². The fourth-order valence-corrected chi connectivity index (χ4v) is 3.91. The predicted octanol–water partition coefficient (Wildman–Crippen LogP) is 1.26. The summed E-state index contributed by atoms with van der Waals surface area (Å²) >= 11 is 0. The molecule has 0 aliphatic heterocycles. The summed E-state index contributed by atoms with van der Waals surface area (Å²) in [6, 6.07) is 5.58. The van der Waals surface area contributed by atoms with Crippen LogP contribution in [0.25, 0.3) is 11.5 Å². The van der Waals surface area contributed by atoms with Gasteiger partial charge in [0.25, 0.3) is 0 Å². The number of hydrogen-bond donors (Lipinski definition) is 2. The number of hydrogen-bond acceptors (Lipinski definition) is 5. The Labute approximate surface area is 140 Å². The third-order valence-electron chi connectivity index (χ3n) is 3.58. The van der Waals surface area contributed by atoms with Crippen LogP contribution in [0.3, 0.4) is 0 Å². The van der Waals surface area contributed by atoms with Crippen molar-refractivity contribution in [1.82, 2.24) is 29.5 Å². The summed E-state index contributed by atoms with van der Waals surface area (Å²) in [7, 11) is -3.60. The zero-order valence-electron chi connectivity index (χ0n) is 13.4. The van der Waals surface area contributed by atoms with Gasteiger partial charge in [-0.05, 0) is 26.0 Å². The molecular weight excluding hydrogens is 328 g/mol. The van der Waals surface area contributed by atoms with Crippen LogP contribution in [0.1, 0.15) is 11.4 Å². The van der Waals surface area contributed by atoms with Gasteiger partial charge in [-0.3, -0.25) is 10.1 Å². The molecule has 9 heteroatoms. The average Bonchev–Trinajstić information content (AvgIpc) is 3.15. The molecule has 3 rings (SSSR count). The van der Waals surface area contributed by atoms with E-state index >= 15 is 0 Å². The molecule has 0 bridgehead atoms. The Morgan fingerprint density at radius 1 is 1.21 bits per heavy atom. The predicted molar refractivity (Wildman–Crippen MR) is 88.7 cm³/mol. The summed E-state index contributed by atoms with van der Waals surface area (Å²) in [6.45, 7) is 4.03. The summed E-state index contributed by atoms with van der Waals surface area (Å²) in [5.41, 5.74) is 1.72. The van der Waals surface area contributed by atoms with Gasteiger partial charge in [-0.2, -0.15) is 5.10 Å². The molecule has 126 valence electrons. The van der Waals surface area contributed by atoms with E-state index in [1.54, 1.807) is 32.4 Å². The molecule has 0 radical (unpaired) electrons. The first-order valence-corrected chi connectivity index (χ1v) is 8.91. The molecule has 3 heterocycles. The monoisotopic (exact) mass is 346 g/mol. The van der Waals surface area contributed by atoms with E-state index in [4.69, 9.17) is 0 Å². The van der Waals surface area contributed by atoms with Crippen LogP contribution < -0.4 is 4.72 Å². The molecule has 3 aromatic heterocycles. The SMILES string of the molecule is Cc1n[nH]c(C)c1S(=O)(=O)NCCn1ccnc1-c1ccccn1. The van der Waals surface area contributed by atoms with Crippen molar-refractivity contribution in [2.45, 2.75) is 25.3 Å². The third kappa shape index (κ3) is 3.22. The Morgan fingerprint density at radius 3 is 2.71 bits per heavy atom. The number of aromatic amines is 1. The van der Waals surface area contributed by atoms with Gasteiger partial charge in [0.15, 0.2) is 5.82 Å². The number of aryl methyl sites for hydroxylation is 2. The molecule has 0 aromatic carbocycles. The average molecular weight is 346 g/mol. The lowest BCUT2D eigenvalue weighted by Gasteiger charge is -2.09. The lowest BCUT2D eigenvalue weighted by atomic mass is 10.3. The number of nitrogens with one attached hydrogen (secondary N) is 2. The van der Waals surface area contributed by atoms with E-state index in [-0.39, 0.29) is 11.4 Å². The molecule has 8 nitrogen and oxygen atoms in total. The normalized spacial score (nSPS) is 11.8. The zero-order chi connectivity index (χ0) is 17.2. The first-order valence-electron chi connectivity index (χ1n) is 7.43. The van der Waals surface area contributed by atoms with Crippen LogP contribution in [0.15, 0.2) is 41.7 Å². The van der Waals surface area contributed by atoms with Crippen molar-refractivity contribution < 1.29 is 8.42 Å². The highest BCUT2D eigenvalue weighted by Gasteiger charge is 2.21. The van der Waals surface area contributed by atoms with E-state index in [9.17, 15) is 8.42 Å². The Morgan fingerprint density at radius 2 is 2.04 bits per heavy atom. The minimum atomic E-state index is -3.60. The Balaban J connectivity index is 1.71. The number of sulfonamides is 1. The van der Waals surface area contributed by atoms with Gasteiger partial charge >= 0.3 is 0 Å². The van der Waals surface area contributed by atoms with Crippen LogP contribution >= 0.6 is 0 Å². The van der Waals surface area contributed by atoms with Crippen molar-refractivity contribution in [3.05, 3.63) is 48.2 Å². The van der Waals surface area contributed by atoms with Gasteiger partial charge in [-0.1, -0.05) is 6.07 Å². The molecular formula is C15H18N6O2S. The molecule has 2 N–H and O–H groups in total. The first-order chi connectivity index (χ1) is 11.5. The Bertz CT molecular complexity index is 911. The van der Waals surface area contributed by atoms with E-state index in [0.717, 1.165) is 5.69 Å². The molecule has 0 aliphatic rings. The minimum absolute atomic E-state index is 0.207. The molecule has 0 saturated carbocycles. The van der Waals surface area contributed by atoms with E-state index in [1.165, 1.54) is 0 Å². The van der Waals surface area contributed by atoms with Gasteiger partial charge in [-0.25, -0.2) is 18.1 Å². The summed E-state index contributed by atoms with van der Waals surface area (Å²) in [5.74, 6) is 0.700. The van der Waals surface area contributed by atoms with Crippen molar-refractivity contribution in [2.24, 2.45) is 0 Å². The summed E-state index contributed by atoms with van der Waals surface area (Å²) < 4.78 is 29.3. The van der Waals surface area contributed by atoms with E-state index < -0.39 is 10.0 Å². The van der Waals surface area contributed by atoms with Gasteiger partial charge in [-0.15, -0.1) is 0 Å². The van der Waals surface area contributed by atoms with Crippen LogP contribution in [0.4, 0.5) is 0 Å². The number of aromatic nitrogens is 5. The first kappa shape index (κ1) is 16.3. The van der Waals surface area contributed by atoms with Crippen LogP contribution in [0.2, 0.25) is 0 Å². The second-order valence-corrected chi connectivity index (χ2v) is 7.02. The highest BCUT2D eigenvalue weighted by molar-refractivity contribution is 7.89. The van der Waals surface area contributed by atoms with Crippen molar-refractivity contribution in [2.75, 3.05) is 6.54 Å². The second-order valence-electron chi connectivity index (χ2n) is 5.32. The highest BCUT2D eigenvalue weighted by Crippen LogP contribution is 2.16. The third-order valence-corrected chi connectivity index (χ3v) is 5.31. The number of H-pyrrole nitrogens is 1. The van der Waals surface area contributed by atoms with Crippen LogP contribution in [0.5, 0.6) is 0 Å². The fourth-order valence-electron chi connectivity index (χ4n) is 2.53. The molecule has 0 spiro atoms. The van der Waals surface area contributed by atoms with E-state index in [0.29, 0.717) is 23.8 Å². The standard InChI is InChI=1S/C15H18N6O2S/c1-11-14(12(2)20-19-11)24(22,23)18-8-10-21-9-7-17-15(21)13-5-3-4-6-16-13/h3-7,9,18H,8,10H2,1-2H3,(H,19,20). The summed E-state index contributed by atoms with van der Waals surface area (Å²) in [4.78, 5) is 8.76. The molecule has 0 amide bonds. The number of nitrogens with zero attached hydrogens (tertiary/aromatic N) is 4. The second kappa shape index (κ2) is 6.54. The van der Waals surface area contributed by atoms with Crippen LogP contribution in [0, 0.1) is 13.8 Å². The Hall–Kier alpha value is -2.52. The smallest absolute Gasteiger partial charge is 0.244 e. The van der Waals surface area contributed by atoms with Gasteiger partial charge < -0.3 is 4.57 Å². The fraction of sp³-hybridized carbons (Fsp3) is 0.267. The molecule has 0 saturated heterocycles. The van der Waals surface area contributed by atoms with Gasteiger partial charge in [0.2, 0.25) is 10.0 Å². The molecule has 24 heavy (non-hydrogen) atoms. The molecule has 0 unspecified atom stereocenters. The van der Waals surface area contributed by atoms with E-state index in [2.05, 4.69) is 24.9 Å². The quantitative estimate of drug-likeness (QED) is 0.699. The van der Waals surface area contributed by atoms with Crippen molar-refractivity contribution >= 4 is 10.0 Å². The maximum Gasteiger partial charge on any atom is 0.244 e. The lowest BCUT2D eigenvalue weighted by molar-refractivity contribution is 0.572. The number of rotatable bonds is 6. The molecule has 0 aliphatic carbocycles. The van der Waals surface area contributed by atoms with Gasteiger partial charge in [0.05, 0.1) is 11.4 Å². The van der Waals surface area contributed by atoms with Crippen LogP contribution in [-0.4, -0.2) is 39.7 Å². The maximum atomic E-state index is 12.4. The van der Waals surface area contributed by atoms with Crippen molar-refractivity contribution in [3.8, 4) is 11.5 Å². The molecule has 0 fully saturated rings. The largest absolute Gasteiger partial charge is 0.328 e. The molecule has 3 aromatic rings. The van der Waals surface area contributed by atoms with Crippen molar-refractivity contribution in [3.63, 3.8) is 0 Å². The highest BCUT2D eigenvalue weighted by atomic mass is 32.2. The topological polar surface area (TPSA) is 106 Å². The van der Waals surface area contributed by atoms with E-state index in [1.807, 2.05) is 22.8 Å².